The van der Waals surface area contributed by atoms with Crippen molar-refractivity contribution in [2.45, 2.75) is 77.8 Å². The second-order valence-corrected chi connectivity index (χ2v) is 7.09. The van der Waals surface area contributed by atoms with Crippen LogP contribution in [0.3, 0.4) is 0 Å². The zero-order valence-corrected chi connectivity index (χ0v) is 12.7. The molecule has 1 aliphatic carbocycles. The van der Waals surface area contributed by atoms with Crippen LogP contribution in [0.4, 0.5) is 0 Å². The molecule has 0 saturated heterocycles. The average Bonchev–Trinajstić information content (AvgIpc) is 2.84. The molecular formula is C16H29N3. The number of hydrogen-bond acceptors (Lipinski definition) is 2. The minimum Gasteiger partial charge on any atom is -0.327 e. The Morgan fingerprint density at radius 3 is 2.63 bits per heavy atom. The van der Waals surface area contributed by atoms with E-state index in [9.17, 15) is 0 Å². The zero-order chi connectivity index (χ0) is 13.9. The van der Waals surface area contributed by atoms with Gasteiger partial charge < -0.3 is 5.73 Å². The summed E-state index contributed by atoms with van der Waals surface area (Å²) in [6.07, 6.45) is 10.9. The van der Waals surface area contributed by atoms with Crippen LogP contribution in [0.15, 0.2) is 12.3 Å². The molecule has 2 rings (SSSR count). The van der Waals surface area contributed by atoms with Crippen molar-refractivity contribution >= 4 is 0 Å². The van der Waals surface area contributed by atoms with E-state index in [2.05, 4.69) is 37.7 Å². The lowest BCUT2D eigenvalue weighted by Gasteiger charge is -2.26. The first-order valence-corrected chi connectivity index (χ1v) is 7.76. The van der Waals surface area contributed by atoms with E-state index in [0.717, 1.165) is 12.8 Å². The molecule has 1 saturated carbocycles. The smallest absolute Gasteiger partial charge is 0.0625 e. The summed E-state index contributed by atoms with van der Waals surface area (Å²) in [4.78, 5) is 0. The van der Waals surface area contributed by atoms with Gasteiger partial charge in [-0.05, 0) is 37.2 Å². The fourth-order valence-electron chi connectivity index (χ4n) is 2.80. The zero-order valence-electron chi connectivity index (χ0n) is 12.7. The van der Waals surface area contributed by atoms with Gasteiger partial charge in [0.1, 0.15) is 0 Å². The van der Waals surface area contributed by atoms with Crippen LogP contribution in [0.5, 0.6) is 0 Å². The van der Waals surface area contributed by atoms with Crippen LogP contribution in [-0.4, -0.2) is 15.8 Å². The summed E-state index contributed by atoms with van der Waals surface area (Å²) < 4.78 is 2.19. The maximum Gasteiger partial charge on any atom is 0.0625 e. The first kappa shape index (κ1) is 14.6. The highest BCUT2D eigenvalue weighted by molar-refractivity contribution is 5.01. The molecule has 3 nitrogen and oxygen atoms in total. The summed E-state index contributed by atoms with van der Waals surface area (Å²) in [6, 6.07) is 3.05. The standard InChI is InChI=1S/C16H29N3/c1-16(2,3)15(17)10-9-13-11-12-19(18-13)14-7-5-4-6-8-14/h11-12,14-15H,4-10,17H2,1-3H3. The summed E-state index contributed by atoms with van der Waals surface area (Å²) >= 11 is 0. The molecule has 0 aromatic carbocycles. The fraction of sp³-hybridized carbons (Fsp3) is 0.812. The second-order valence-electron chi connectivity index (χ2n) is 7.09. The molecule has 0 spiro atoms. The van der Waals surface area contributed by atoms with Crippen molar-refractivity contribution in [3.63, 3.8) is 0 Å². The van der Waals surface area contributed by atoms with Crippen molar-refractivity contribution < 1.29 is 0 Å². The van der Waals surface area contributed by atoms with Gasteiger partial charge in [0, 0.05) is 12.2 Å². The van der Waals surface area contributed by atoms with Crippen molar-refractivity contribution in [2.24, 2.45) is 11.1 Å². The quantitative estimate of drug-likeness (QED) is 0.900. The lowest BCUT2D eigenvalue weighted by Crippen LogP contribution is -2.35. The van der Waals surface area contributed by atoms with E-state index in [4.69, 9.17) is 10.8 Å². The highest BCUT2D eigenvalue weighted by atomic mass is 15.3. The molecule has 1 aliphatic rings. The molecule has 1 aromatic rings. The minimum atomic E-state index is 0.186. The van der Waals surface area contributed by atoms with Gasteiger partial charge in [0.05, 0.1) is 11.7 Å². The molecule has 1 heterocycles. The molecule has 108 valence electrons. The van der Waals surface area contributed by atoms with E-state index in [1.807, 2.05) is 0 Å². The van der Waals surface area contributed by atoms with Gasteiger partial charge >= 0.3 is 0 Å². The lowest BCUT2D eigenvalue weighted by molar-refractivity contribution is 0.303. The molecule has 0 amide bonds. The maximum atomic E-state index is 6.21. The minimum absolute atomic E-state index is 0.186. The Bertz CT molecular complexity index is 383. The van der Waals surface area contributed by atoms with Gasteiger partial charge in [0.25, 0.3) is 0 Å². The van der Waals surface area contributed by atoms with Crippen molar-refractivity contribution in [1.82, 2.24) is 9.78 Å². The number of nitrogens with zero attached hydrogens (tertiary/aromatic N) is 2. The molecule has 0 aliphatic heterocycles. The van der Waals surface area contributed by atoms with Gasteiger partial charge in [-0.2, -0.15) is 5.10 Å². The van der Waals surface area contributed by atoms with Crippen molar-refractivity contribution in [3.8, 4) is 0 Å². The number of nitrogens with two attached hydrogens (primary N) is 1. The van der Waals surface area contributed by atoms with Gasteiger partial charge in [0.2, 0.25) is 0 Å². The molecule has 0 bridgehead atoms. The van der Waals surface area contributed by atoms with Crippen LogP contribution in [0.25, 0.3) is 0 Å². The average molecular weight is 263 g/mol. The molecule has 0 radical (unpaired) electrons. The van der Waals surface area contributed by atoms with E-state index >= 15 is 0 Å². The third-order valence-electron chi connectivity index (χ3n) is 4.44. The molecule has 1 atom stereocenters. The summed E-state index contributed by atoms with van der Waals surface area (Å²) in [6.45, 7) is 6.62. The summed E-state index contributed by atoms with van der Waals surface area (Å²) in [7, 11) is 0. The van der Waals surface area contributed by atoms with Gasteiger partial charge in [0.15, 0.2) is 0 Å². The predicted octanol–water partition coefficient (Wildman–Crippen LogP) is 3.69. The topological polar surface area (TPSA) is 43.8 Å². The van der Waals surface area contributed by atoms with Crippen LogP contribution in [0, 0.1) is 5.41 Å². The monoisotopic (exact) mass is 263 g/mol. The van der Waals surface area contributed by atoms with Crippen LogP contribution in [0.1, 0.15) is 71.0 Å². The highest BCUT2D eigenvalue weighted by Crippen LogP contribution is 2.27. The fourth-order valence-corrected chi connectivity index (χ4v) is 2.80. The Balaban J connectivity index is 1.87. The highest BCUT2D eigenvalue weighted by Gasteiger charge is 2.21. The van der Waals surface area contributed by atoms with Gasteiger partial charge in [-0.3, -0.25) is 4.68 Å². The number of aryl methyl sites for hydroxylation is 1. The van der Waals surface area contributed by atoms with Crippen molar-refractivity contribution in [3.05, 3.63) is 18.0 Å². The molecule has 2 N–H and O–H groups in total. The largest absolute Gasteiger partial charge is 0.327 e. The van der Waals surface area contributed by atoms with Gasteiger partial charge in [-0.15, -0.1) is 0 Å². The first-order valence-electron chi connectivity index (χ1n) is 7.76. The number of hydrogen-bond donors (Lipinski definition) is 1. The van der Waals surface area contributed by atoms with Crippen LogP contribution in [-0.2, 0) is 6.42 Å². The van der Waals surface area contributed by atoms with E-state index < -0.39 is 0 Å². The molecule has 3 heteroatoms. The lowest BCUT2D eigenvalue weighted by atomic mass is 9.84. The molecular weight excluding hydrogens is 234 g/mol. The Kier molecular flexibility index (Phi) is 4.67. The van der Waals surface area contributed by atoms with Crippen LogP contribution in [0.2, 0.25) is 0 Å². The third kappa shape index (κ3) is 4.07. The summed E-state index contributed by atoms with van der Waals surface area (Å²) in [5, 5.41) is 4.75. The Hall–Kier alpha value is -0.830. The third-order valence-corrected chi connectivity index (χ3v) is 4.44. The predicted molar refractivity (Wildman–Crippen MR) is 80.1 cm³/mol. The van der Waals surface area contributed by atoms with Crippen LogP contribution < -0.4 is 5.73 Å². The second kappa shape index (κ2) is 6.08. The van der Waals surface area contributed by atoms with E-state index in [0.29, 0.717) is 6.04 Å². The van der Waals surface area contributed by atoms with Crippen molar-refractivity contribution in [2.75, 3.05) is 0 Å². The molecule has 1 aromatic heterocycles. The Morgan fingerprint density at radius 1 is 1.32 bits per heavy atom. The molecule has 19 heavy (non-hydrogen) atoms. The maximum absolute atomic E-state index is 6.21. The van der Waals surface area contributed by atoms with Crippen molar-refractivity contribution in [1.29, 1.82) is 0 Å². The molecule has 1 fully saturated rings. The normalized spacial score (nSPS) is 19.6. The molecule has 1 unspecified atom stereocenters. The van der Waals surface area contributed by atoms with Crippen LogP contribution >= 0.6 is 0 Å². The number of rotatable bonds is 4. The van der Waals surface area contributed by atoms with E-state index in [1.165, 1.54) is 37.8 Å². The first-order chi connectivity index (χ1) is 8.97. The Morgan fingerprint density at radius 2 is 2.00 bits per heavy atom. The van der Waals surface area contributed by atoms with Gasteiger partial charge in [-0.1, -0.05) is 40.0 Å². The Labute approximate surface area is 117 Å². The van der Waals surface area contributed by atoms with Gasteiger partial charge in [-0.25, -0.2) is 0 Å². The number of aromatic nitrogens is 2. The van der Waals surface area contributed by atoms with E-state index in [1.54, 1.807) is 0 Å². The van der Waals surface area contributed by atoms with E-state index in [-0.39, 0.29) is 11.5 Å². The summed E-state index contributed by atoms with van der Waals surface area (Å²) in [5.41, 5.74) is 7.60. The SMILES string of the molecule is CC(C)(C)C(N)CCc1ccn(C2CCCCC2)n1. The summed E-state index contributed by atoms with van der Waals surface area (Å²) in [5.74, 6) is 0.